The third-order valence-electron chi connectivity index (χ3n) is 2.92. The third-order valence-corrected chi connectivity index (χ3v) is 4.23. The van der Waals surface area contributed by atoms with Gasteiger partial charge in [0.2, 0.25) is 0 Å². The molecular formula is C11H25NSi. The Labute approximate surface area is 84.4 Å². The second-order valence-electron chi connectivity index (χ2n) is 5.47. The monoisotopic (exact) mass is 199 g/mol. The summed E-state index contributed by atoms with van der Waals surface area (Å²) in [6.07, 6.45) is 8.87. The molecule has 78 valence electrons. The van der Waals surface area contributed by atoms with Gasteiger partial charge >= 0.3 is 0 Å². The van der Waals surface area contributed by atoms with Crippen LogP contribution in [0.4, 0.5) is 0 Å². The summed E-state index contributed by atoms with van der Waals surface area (Å²) in [6, 6.07) is 0. The first-order valence-corrected chi connectivity index (χ1v) is 9.33. The molecular weight excluding hydrogens is 174 g/mol. The van der Waals surface area contributed by atoms with Crippen LogP contribution in [0, 0.1) is 5.92 Å². The highest BCUT2D eigenvalue weighted by Crippen LogP contribution is 2.28. The predicted octanol–water partition coefficient (Wildman–Crippen LogP) is 3.38. The van der Waals surface area contributed by atoms with Gasteiger partial charge in [-0.15, -0.1) is 0 Å². The van der Waals surface area contributed by atoms with Crippen LogP contribution in [0.2, 0.25) is 19.6 Å². The molecule has 0 unspecified atom stereocenters. The van der Waals surface area contributed by atoms with Crippen molar-refractivity contribution in [3.8, 4) is 0 Å². The molecule has 0 aromatic heterocycles. The molecule has 1 nitrogen and oxygen atoms in total. The fourth-order valence-electron chi connectivity index (χ4n) is 2.15. The summed E-state index contributed by atoms with van der Waals surface area (Å²) >= 11 is 0. The highest BCUT2D eigenvalue weighted by molar-refractivity contribution is 6.73. The summed E-state index contributed by atoms with van der Waals surface area (Å²) in [4.78, 5) is 3.68. The Bertz CT molecular complexity index is 134. The third kappa shape index (κ3) is 5.48. The average molecular weight is 199 g/mol. The van der Waals surface area contributed by atoms with E-state index in [0.717, 1.165) is 5.92 Å². The lowest BCUT2D eigenvalue weighted by atomic mass is 10.0. The van der Waals surface area contributed by atoms with Crippen LogP contribution in [-0.2, 0) is 0 Å². The Hall–Kier alpha value is 0.177. The molecule has 1 aliphatic rings. The normalized spacial score (nSPS) is 19.6. The van der Waals surface area contributed by atoms with E-state index in [1.165, 1.54) is 45.1 Å². The summed E-state index contributed by atoms with van der Waals surface area (Å²) in [5.74, 6) is 1.07. The Kier molecular flexibility index (Phi) is 4.46. The van der Waals surface area contributed by atoms with E-state index in [4.69, 9.17) is 0 Å². The van der Waals surface area contributed by atoms with Crippen molar-refractivity contribution in [2.45, 2.75) is 58.2 Å². The molecule has 0 radical (unpaired) electrons. The van der Waals surface area contributed by atoms with E-state index in [1.807, 2.05) is 0 Å². The van der Waals surface area contributed by atoms with Crippen molar-refractivity contribution in [2.75, 3.05) is 6.54 Å². The maximum absolute atomic E-state index is 3.68. The highest BCUT2D eigenvalue weighted by atomic mass is 28.3. The minimum absolute atomic E-state index is 0.984. The fraction of sp³-hybridized carbons (Fsp3) is 1.00. The molecule has 1 N–H and O–H groups in total. The van der Waals surface area contributed by atoms with E-state index in [1.54, 1.807) is 0 Å². The van der Waals surface area contributed by atoms with Gasteiger partial charge in [0.05, 0.1) is 0 Å². The molecule has 0 amide bonds. The van der Waals surface area contributed by atoms with Gasteiger partial charge < -0.3 is 4.98 Å². The molecule has 1 saturated carbocycles. The van der Waals surface area contributed by atoms with Gasteiger partial charge in [-0.25, -0.2) is 0 Å². The van der Waals surface area contributed by atoms with Crippen molar-refractivity contribution in [1.29, 1.82) is 0 Å². The zero-order valence-electron chi connectivity index (χ0n) is 9.53. The molecule has 2 heteroatoms. The molecule has 13 heavy (non-hydrogen) atoms. The van der Waals surface area contributed by atoms with Crippen LogP contribution in [0.15, 0.2) is 0 Å². The van der Waals surface area contributed by atoms with Crippen molar-refractivity contribution in [1.82, 2.24) is 4.98 Å². The minimum Gasteiger partial charge on any atom is -0.337 e. The van der Waals surface area contributed by atoms with Gasteiger partial charge in [-0.3, -0.25) is 0 Å². The SMILES string of the molecule is C[Si](C)(C)NCCCC1CCCC1. The lowest BCUT2D eigenvalue weighted by Gasteiger charge is -2.18. The summed E-state index contributed by atoms with van der Waals surface area (Å²) < 4.78 is 0. The van der Waals surface area contributed by atoms with E-state index < -0.39 is 8.24 Å². The summed E-state index contributed by atoms with van der Waals surface area (Å²) in [5, 5.41) is 0. The van der Waals surface area contributed by atoms with Crippen molar-refractivity contribution >= 4 is 8.24 Å². The maximum Gasteiger partial charge on any atom is 0.116 e. The molecule has 0 heterocycles. The number of nitrogens with one attached hydrogen (secondary N) is 1. The standard InChI is InChI=1S/C11H25NSi/c1-13(2,3)12-10-6-9-11-7-4-5-8-11/h11-12H,4-10H2,1-3H3. The molecule has 1 fully saturated rings. The lowest BCUT2D eigenvalue weighted by molar-refractivity contribution is 0.482. The van der Waals surface area contributed by atoms with Crippen LogP contribution in [0.1, 0.15) is 38.5 Å². The van der Waals surface area contributed by atoms with Gasteiger partial charge in [0.25, 0.3) is 0 Å². The van der Waals surface area contributed by atoms with Gasteiger partial charge in [-0.2, -0.15) is 0 Å². The van der Waals surface area contributed by atoms with E-state index in [9.17, 15) is 0 Å². The first kappa shape index (κ1) is 11.3. The molecule has 0 aliphatic heterocycles. The van der Waals surface area contributed by atoms with Crippen molar-refractivity contribution in [3.63, 3.8) is 0 Å². The maximum atomic E-state index is 3.68. The van der Waals surface area contributed by atoms with E-state index in [2.05, 4.69) is 24.6 Å². The van der Waals surface area contributed by atoms with E-state index in [-0.39, 0.29) is 0 Å². The van der Waals surface area contributed by atoms with Crippen molar-refractivity contribution in [3.05, 3.63) is 0 Å². The highest BCUT2D eigenvalue weighted by Gasteiger charge is 2.15. The van der Waals surface area contributed by atoms with Gasteiger partial charge in [-0.1, -0.05) is 45.3 Å². The van der Waals surface area contributed by atoms with Crippen LogP contribution in [-0.4, -0.2) is 14.8 Å². The Balaban J connectivity index is 1.94. The Morgan fingerprint density at radius 2 is 1.77 bits per heavy atom. The van der Waals surface area contributed by atoms with Crippen LogP contribution < -0.4 is 4.98 Å². The second kappa shape index (κ2) is 5.16. The quantitative estimate of drug-likeness (QED) is 0.529. The minimum atomic E-state index is -0.984. The summed E-state index contributed by atoms with van der Waals surface area (Å²) in [7, 11) is -0.984. The number of rotatable bonds is 5. The van der Waals surface area contributed by atoms with Gasteiger partial charge in [0.1, 0.15) is 8.24 Å². The number of hydrogen-bond acceptors (Lipinski definition) is 1. The smallest absolute Gasteiger partial charge is 0.116 e. The zero-order chi connectivity index (χ0) is 9.73. The molecule has 0 atom stereocenters. The summed E-state index contributed by atoms with van der Waals surface area (Å²) in [5.41, 5.74) is 0. The largest absolute Gasteiger partial charge is 0.337 e. The lowest BCUT2D eigenvalue weighted by Crippen LogP contribution is -2.41. The van der Waals surface area contributed by atoms with Crippen LogP contribution in [0.3, 0.4) is 0 Å². The van der Waals surface area contributed by atoms with Gasteiger partial charge in [0.15, 0.2) is 0 Å². The molecule has 0 aromatic rings. The zero-order valence-corrected chi connectivity index (χ0v) is 10.5. The van der Waals surface area contributed by atoms with Crippen molar-refractivity contribution in [2.24, 2.45) is 5.92 Å². The molecule has 1 rings (SSSR count). The first-order chi connectivity index (χ1) is 6.08. The number of hydrogen-bond donors (Lipinski definition) is 1. The van der Waals surface area contributed by atoms with Crippen LogP contribution in [0.25, 0.3) is 0 Å². The van der Waals surface area contributed by atoms with Crippen molar-refractivity contribution < 1.29 is 0 Å². The summed E-state index contributed by atoms with van der Waals surface area (Å²) in [6.45, 7) is 8.39. The average Bonchev–Trinajstić information content (AvgIpc) is 2.48. The Morgan fingerprint density at radius 1 is 1.15 bits per heavy atom. The predicted molar refractivity (Wildman–Crippen MR) is 62.5 cm³/mol. The van der Waals surface area contributed by atoms with E-state index >= 15 is 0 Å². The van der Waals surface area contributed by atoms with E-state index in [0.29, 0.717) is 0 Å². The van der Waals surface area contributed by atoms with Crippen LogP contribution in [0.5, 0.6) is 0 Å². The fourth-order valence-corrected chi connectivity index (χ4v) is 3.08. The molecule has 1 aliphatic carbocycles. The molecule has 0 saturated heterocycles. The second-order valence-corrected chi connectivity index (χ2v) is 10.3. The van der Waals surface area contributed by atoms with Gasteiger partial charge in [-0.05, 0) is 25.3 Å². The molecule has 0 aromatic carbocycles. The topological polar surface area (TPSA) is 12.0 Å². The molecule has 0 spiro atoms. The Morgan fingerprint density at radius 3 is 2.31 bits per heavy atom. The van der Waals surface area contributed by atoms with Crippen LogP contribution >= 0.6 is 0 Å². The van der Waals surface area contributed by atoms with Gasteiger partial charge in [0, 0.05) is 0 Å². The molecule has 0 bridgehead atoms. The first-order valence-electron chi connectivity index (χ1n) is 5.83.